The molecule has 0 aliphatic carbocycles. The molecule has 0 fully saturated rings. The van der Waals surface area contributed by atoms with E-state index >= 15 is 0 Å². The van der Waals surface area contributed by atoms with Crippen LogP contribution in [0.5, 0.6) is 0 Å². The molecule has 0 radical (unpaired) electrons. The van der Waals surface area contributed by atoms with Gasteiger partial charge < -0.3 is 10.2 Å². The molecule has 33 heavy (non-hydrogen) atoms. The summed E-state index contributed by atoms with van der Waals surface area (Å²) in [6, 6.07) is 25.5. The maximum atomic E-state index is 13.0. The van der Waals surface area contributed by atoms with Crippen molar-refractivity contribution in [3.05, 3.63) is 108 Å². The molecule has 0 aromatic heterocycles. The van der Waals surface area contributed by atoms with Gasteiger partial charge in [-0.1, -0.05) is 48.5 Å². The van der Waals surface area contributed by atoms with Crippen molar-refractivity contribution < 1.29 is 28.2 Å². The largest absolute Gasteiger partial charge is 0.478 e. The van der Waals surface area contributed by atoms with Gasteiger partial charge in [0, 0.05) is 0 Å². The molecule has 2 N–H and O–H groups in total. The van der Waals surface area contributed by atoms with Crippen LogP contribution in [-0.4, -0.2) is 30.6 Å². The fourth-order valence-corrected chi connectivity index (χ4v) is 4.66. The van der Waals surface area contributed by atoms with Gasteiger partial charge in [0.25, 0.3) is 0 Å². The molecule has 7 heteroatoms. The Morgan fingerprint density at radius 2 is 0.697 bits per heavy atom. The summed E-state index contributed by atoms with van der Waals surface area (Å²) in [7, 11) is -3.73. The number of hydrogen-bond acceptors (Lipinski definition) is 4. The Kier molecular flexibility index (Phi) is 5.81. The van der Waals surface area contributed by atoms with Crippen molar-refractivity contribution in [1.82, 2.24) is 0 Å². The Morgan fingerprint density at radius 1 is 0.455 bits per heavy atom. The molecule has 0 amide bonds. The lowest BCUT2D eigenvalue weighted by atomic mass is 10.0. The molecule has 0 atom stereocenters. The molecule has 4 aromatic rings. The molecule has 0 bridgehead atoms. The number of aromatic carboxylic acids is 2. The van der Waals surface area contributed by atoms with Gasteiger partial charge in [-0.2, -0.15) is 0 Å². The Bertz CT molecular complexity index is 1310. The number of sulfone groups is 1. The predicted molar refractivity (Wildman–Crippen MR) is 123 cm³/mol. The summed E-state index contributed by atoms with van der Waals surface area (Å²) in [4.78, 5) is 22.3. The molecule has 0 spiro atoms. The first-order valence-electron chi connectivity index (χ1n) is 9.88. The summed E-state index contributed by atoms with van der Waals surface area (Å²) in [5.74, 6) is -2.02. The van der Waals surface area contributed by atoms with E-state index in [0.29, 0.717) is 0 Å². The molecule has 0 saturated carbocycles. The van der Waals surface area contributed by atoms with Crippen molar-refractivity contribution in [3.8, 4) is 22.3 Å². The predicted octanol–water partition coefficient (Wildman–Crippen LogP) is 5.25. The lowest BCUT2D eigenvalue weighted by molar-refractivity contribution is 0.0686. The topological polar surface area (TPSA) is 109 Å². The van der Waals surface area contributed by atoms with Crippen molar-refractivity contribution in [2.75, 3.05) is 0 Å². The maximum absolute atomic E-state index is 13.0. The summed E-state index contributed by atoms with van der Waals surface area (Å²) >= 11 is 0. The van der Waals surface area contributed by atoms with Crippen LogP contribution in [0.1, 0.15) is 20.7 Å². The fourth-order valence-electron chi connectivity index (χ4n) is 3.40. The highest BCUT2D eigenvalue weighted by atomic mass is 32.2. The van der Waals surface area contributed by atoms with E-state index < -0.39 is 21.8 Å². The van der Waals surface area contributed by atoms with E-state index in [1.54, 1.807) is 48.5 Å². The molecule has 0 aliphatic heterocycles. The molecular formula is C26H18O6S. The first-order chi connectivity index (χ1) is 15.8. The molecule has 0 heterocycles. The highest BCUT2D eigenvalue weighted by molar-refractivity contribution is 7.91. The lowest BCUT2D eigenvalue weighted by Gasteiger charge is -2.08. The van der Waals surface area contributed by atoms with Gasteiger partial charge in [0.2, 0.25) is 9.84 Å². The Balaban J connectivity index is 1.56. The van der Waals surface area contributed by atoms with E-state index in [1.165, 1.54) is 48.5 Å². The molecule has 6 nitrogen and oxygen atoms in total. The lowest BCUT2D eigenvalue weighted by Crippen LogP contribution is -2.02. The quantitative estimate of drug-likeness (QED) is 0.408. The van der Waals surface area contributed by atoms with Crippen LogP contribution < -0.4 is 0 Å². The fraction of sp³-hybridized carbons (Fsp3) is 0. The van der Waals surface area contributed by atoms with Crippen LogP contribution in [-0.2, 0) is 9.84 Å². The third kappa shape index (κ3) is 4.53. The van der Waals surface area contributed by atoms with Gasteiger partial charge in [-0.3, -0.25) is 0 Å². The first kappa shape index (κ1) is 22.0. The smallest absolute Gasteiger partial charge is 0.335 e. The number of benzene rings is 4. The van der Waals surface area contributed by atoms with Crippen molar-refractivity contribution in [2.45, 2.75) is 9.79 Å². The molecular weight excluding hydrogens is 440 g/mol. The van der Waals surface area contributed by atoms with Crippen LogP contribution in [0.15, 0.2) is 107 Å². The van der Waals surface area contributed by atoms with Crippen molar-refractivity contribution >= 4 is 21.8 Å². The van der Waals surface area contributed by atoms with Gasteiger partial charge >= 0.3 is 11.9 Å². The van der Waals surface area contributed by atoms with Crippen LogP contribution in [0.4, 0.5) is 0 Å². The monoisotopic (exact) mass is 458 g/mol. The Morgan fingerprint density at radius 3 is 0.939 bits per heavy atom. The van der Waals surface area contributed by atoms with Crippen molar-refractivity contribution in [3.63, 3.8) is 0 Å². The average molecular weight is 458 g/mol. The van der Waals surface area contributed by atoms with Gasteiger partial charge in [0.05, 0.1) is 20.9 Å². The number of rotatable bonds is 6. The van der Waals surface area contributed by atoms with Crippen molar-refractivity contribution in [1.29, 1.82) is 0 Å². The number of carboxylic acids is 2. The summed E-state index contributed by atoms with van der Waals surface area (Å²) in [6.07, 6.45) is 0. The van der Waals surface area contributed by atoms with E-state index in [4.69, 9.17) is 10.2 Å². The van der Waals surface area contributed by atoms with E-state index in [-0.39, 0.29) is 20.9 Å². The minimum atomic E-state index is -3.73. The SMILES string of the molecule is O=C(O)c1ccc(-c2ccc(S(=O)(=O)c3ccc(-c4ccc(C(=O)O)cc4)cc3)cc2)cc1. The van der Waals surface area contributed by atoms with Gasteiger partial charge in [-0.15, -0.1) is 0 Å². The van der Waals surface area contributed by atoms with Gasteiger partial charge in [0.1, 0.15) is 0 Å². The Labute approximate surface area is 190 Å². The zero-order valence-corrected chi connectivity index (χ0v) is 18.0. The van der Waals surface area contributed by atoms with Gasteiger partial charge in [-0.25, -0.2) is 18.0 Å². The van der Waals surface area contributed by atoms with E-state index in [2.05, 4.69) is 0 Å². The first-order valence-corrected chi connectivity index (χ1v) is 11.4. The maximum Gasteiger partial charge on any atom is 0.335 e. The van der Waals surface area contributed by atoms with Crippen molar-refractivity contribution in [2.24, 2.45) is 0 Å². The van der Waals surface area contributed by atoms with Crippen LogP contribution >= 0.6 is 0 Å². The minimum absolute atomic E-state index is 0.145. The summed E-state index contributed by atoms with van der Waals surface area (Å²) in [5, 5.41) is 18.0. The van der Waals surface area contributed by atoms with Crippen LogP contribution in [0.2, 0.25) is 0 Å². The molecule has 4 aromatic carbocycles. The van der Waals surface area contributed by atoms with Crippen LogP contribution in [0.25, 0.3) is 22.3 Å². The summed E-state index contributed by atoms with van der Waals surface area (Å²) < 4.78 is 26.1. The van der Waals surface area contributed by atoms with Crippen LogP contribution in [0, 0.1) is 0 Å². The summed E-state index contributed by atoms with van der Waals surface area (Å²) in [5.41, 5.74) is 3.46. The number of hydrogen-bond donors (Lipinski definition) is 2. The number of carboxylic acid groups (broad SMARTS) is 2. The third-order valence-electron chi connectivity index (χ3n) is 5.26. The third-order valence-corrected chi connectivity index (χ3v) is 7.05. The second-order valence-electron chi connectivity index (χ2n) is 7.32. The zero-order chi connectivity index (χ0) is 23.6. The Hall–Kier alpha value is -4.23. The minimum Gasteiger partial charge on any atom is -0.478 e. The summed E-state index contributed by atoms with van der Waals surface area (Å²) in [6.45, 7) is 0. The van der Waals surface area contributed by atoms with Crippen LogP contribution in [0.3, 0.4) is 0 Å². The molecule has 4 rings (SSSR count). The second kappa shape index (κ2) is 8.72. The molecule has 0 aliphatic rings. The number of carbonyl (C=O) groups is 2. The van der Waals surface area contributed by atoms with E-state index in [9.17, 15) is 18.0 Å². The molecule has 0 saturated heterocycles. The average Bonchev–Trinajstić information content (AvgIpc) is 2.84. The molecule has 0 unspecified atom stereocenters. The normalized spacial score (nSPS) is 11.2. The van der Waals surface area contributed by atoms with E-state index in [0.717, 1.165) is 22.3 Å². The van der Waals surface area contributed by atoms with Gasteiger partial charge in [-0.05, 0) is 70.8 Å². The molecule has 164 valence electrons. The highest BCUT2D eigenvalue weighted by Crippen LogP contribution is 2.27. The standard InChI is InChI=1S/C26H18O6S/c27-25(28)21-5-1-17(2-6-21)19-9-13-23(14-10-19)33(31,32)24-15-11-20(12-16-24)18-3-7-22(8-4-18)26(29)30/h1-16H,(H,27,28)(H,29,30). The highest BCUT2D eigenvalue weighted by Gasteiger charge is 2.18. The van der Waals surface area contributed by atoms with Gasteiger partial charge in [0.15, 0.2) is 0 Å². The zero-order valence-electron chi connectivity index (χ0n) is 17.2. The second-order valence-corrected chi connectivity index (χ2v) is 9.27. The van der Waals surface area contributed by atoms with E-state index in [1.807, 2.05) is 0 Å².